The van der Waals surface area contributed by atoms with E-state index in [1.165, 1.54) is 0 Å². The fraction of sp³-hybridized carbons (Fsp3) is 0.0417. The molecule has 0 aliphatic carbocycles. The van der Waals surface area contributed by atoms with Gasteiger partial charge < -0.3 is 13.8 Å². The van der Waals surface area contributed by atoms with E-state index in [4.69, 9.17) is 4.42 Å². The first-order chi connectivity index (χ1) is 15.3. The summed E-state index contributed by atoms with van der Waals surface area (Å²) in [7, 11) is 0. The van der Waals surface area contributed by atoms with Crippen LogP contribution in [0, 0.1) is 12.1 Å². The van der Waals surface area contributed by atoms with Gasteiger partial charge in [-0.15, -0.1) is 0 Å². The van der Waals surface area contributed by atoms with E-state index < -0.39 is 0 Å². The van der Waals surface area contributed by atoms with E-state index in [0.717, 1.165) is 28.2 Å². The highest BCUT2D eigenvalue weighted by Gasteiger charge is 2.22. The van der Waals surface area contributed by atoms with E-state index in [1.807, 2.05) is 47.1 Å². The lowest BCUT2D eigenvalue weighted by molar-refractivity contribution is 0.519. The molecule has 1 N–H and O–H groups in total. The second kappa shape index (κ2) is 6.75. The van der Waals surface area contributed by atoms with Gasteiger partial charge in [0.05, 0.1) is 24.1 Å². The van der Waals surface area contributed by atoms with E-state index in [0.29, 0.717) is 23.7 Å². The number of fused-ring (bicyclic) bond motifs is 2. The molecular formula is C24H15N5O2. The summed E-state index contributed by atoms with van der Waals surface area (Å²) in [6.45, 7) is 0. The second-order valence-corrected chi connectivity index (χ2v) is 7.18. The fourth-order valence-electron chi connectivity index (χ4n) is 3.72. The largest absolute Gasteiger partial charge is 0.469 e. The Morgan fingerprint density at radius 2 is 2.10 bits per heavy atom. The number of aromatic amines is 1. The zero-order valence-corrected chi connectivity index (χ0v) is 16.2. The number of nitrogens with zero attached hydrogens (tertiary/aromatic N) is 4. The van der Waals surface area contributed by atoms with Crippen LogP contribution in [0.2, 0.25) is 0 Å². The van der Waals surface area contributed by atoms with Crippen LogP contribution in [0.25, 0.3) is 34.0 Å². The number of pyridine rings is 1. The predicted molar refractivity (Wildman–Crippen MR) is 114 cm³/mol. The molecule has 7 heteroatoms. The topological polar surface area (TPSA) is 81.1 Å². The molecule has 0 saturated carbocycles. The first-order valence-corrected chi connectivity index (χ1v) is 9.75. The van der Waals surface area contributed by atoms with Gasteiger partial charge >= 0.3 is 0 Å². The minimum absolute atomic E-state index is 0.175. The Morgan fingerprint density at radius 1 is 1.13 bits per heavy atom. The fourth-order valence-corrected chi connectivity index (χ4v) is 3.72. The van der Waals surface area contributed by atoms with Crippen LogP contribution in [0.1, 0.15) is 11.5 Å². The van der Waals surface area contributed by atoms with E-state index in [1.54, 1.807) is 35.4 Å². The third-order valence-corrected chi connectivity index (χ3v) is 5.21. The molecule has 5 heterocycles. The summed E-state index contributed by atoms with van der Waals surface area (Å²) < 4.78 is 8.93. The molecule has 0 fully saturated rings. The first kappa shape index (κ1) is 17.3. The number of rotatable bonds is 4. The molecule has 3 aromatic heterocycles. The van der Waals surface area contributed by atoms with Crippen molar-refractivity contribution < 1.29 is 4.42 Å². The van der Waals surface area contributed by atoms with Gasteiger partial charge in [-0.3, -0.25) is 9.36 Å². The van der Waals surface area contributed by atoms with Gasteiger partial charge in [0.1, 0.15) is 17.1 Å². The van der Waals surface area contributed by atoms with Crippen molar-refractivity contribution in [2.75, 3.05) is 0 Å². The SMILES string of the molecule is O=c1c(Cc2ccco2)nc2c(-c3ccc4nccn4c3)[nH]c(-c3c#cccc3)cn1-2. The van der Waals surface area contributed by atoms with Crippen molar-refractivity contribution in [3.05, 3.63) is 107 Å². The highest BCUT2D eigenvalue weighted by atomic mass is 16.3. The molecule has 1 aromatic carbocycles. The van der Waals surface area contributed by atoms with Crippen molar-refractivity contribution in [3.63, 3.8) is 0 Å². The van der Waals surface area contributed by atoms with Crippen molar-refractivity contribution in [2.24, 2.45) is 0 Å². The Balaban J connectivity index is 1.60. The van der Waals surface area contributed by atoms with Crippen LogP contribution < -0.4 is 5.56 Å². The predicted octanol–water partition coefficient (Wildman–Crippen LogP) is 3.76. The van der Waals surface area contributed by atoms with Crippen molar-refractivity contribution >= 4 is 5.65 Å². The molecule has 0 amide bonds. The smallest absolute Gasteiger partial charge is 0.278 e. The molecule has 0 unspecified atom stereocenters. The average molecular weight is 405 g/mol. The molecule has 0 radical (unpaired) electrons. The normalized spacial score (nSPS) is 11.2. The van der Waals surface area contributed by atoms with Gasteiger partial charge in [-0.05, 0) is 36.4 Å². The summed E-state index contributed by atoms with van der Waals surface area (Å²) >= 11 is 0. The standard InChI is InChI=1S/C24H15N5O2/c30-24-19(13-18-7-4-12-31-18)27-23-22(17-8-9-21-25-10-11-28(21)14-17)26-20(15-29(23)24)16-5-2-1-3-6-16/h1-2,4-5,7-12,14-15,26H,13H2. The van der Waals surface area contributed by atoms with Crippen LogP contribution in [-0.4, -0.2) is 23.9 Å². The maximum Gasteiger partial charge on any atom is 0.278 e. The van der Waals surface area contributed by atoms with Gasteiger partial charge in [0.15, 0.2) is 5.82 Å². The Morgan fingerprint density at radius 3 is 2.94 bits per heavy atom. The van der Waals surface area contributed by atoms with E-state index in [-0.39, 0.29) is 5.56 Å². The molecule has 2 aliphatic heterocycles. The minimum Gasteiger partial charge on any atom is -0.469 e. The maximum absolute atomic E-state index is 13.2. The van der Waals surface area contributed by atoms with Crippen molar-refractivity contribution in [3.8, 4) is 28.3 Å². The Labute approximate surface area is 176 Å². The number of aromatic nitrogens is 5. The molecule has 0 atom stereocenters. The van der Waals surface area contributed by atoms with Crippen LogP contribution in [0.3, 0.4) is 0 Å². The lowest BCUT2D eigenvalue weighted by Crippen LogP contribution is -2.16. The average Bonchev–Trinajstić information content (AvgIpc) is 3.55. The van der Waals surface area contributed by atoms with Gasteiger partial charge in [0.25, 0.3) is 5.56 Å². The summed E-state index contributed by atoms with van der Waals surface area (Å²) in [6.07, 6.45) is 9.27. The number of hydrogen-bond donors (Lipinski definition) is 1. The van der Waals surface area contributed by atoms with E-state index >= 15 is 0 Å². The van der Waals surface area contributed by atoms with Crippen molar-refractivity contribution in [1.82, 2.24) is 23.9 Å². The molecule has 4 aromatic rings. The van der Waals surface area contributed by atoms with E-state index in [2.05, 4.69) is 27.1 Å². The Hall–Kier alpha value is -4.57. The molecular weight excluding hydrogens is 390 g/mol. The number of nitrogens with one attached hydrogen (secondary N) is 1. The molecule has 2 aliphatic rings. The Kier molecular flexibility index (Phi) is 3.77. The van der Waals surface area contributed by atoms with Crippen LogP contribution in [-0.2, 0) is 6.42 Å². The molecule has 0 bridgehead atoms. The number of imidazole rings is 2. The van der Waals surface area contributed by atoms with Gasteiger partial charge in [-0.1, -0.05) is 18.2 Å². The number of hydrogen-bond acceptors (Lipinski definition) is 4. The molecule has 0 spiro atoms. The number of H-pyrrole nitrogens is 1. The summed E-state index contributed by atoms with van der Waals surface area (Å²) in [4.78, 5) is 25.6. The molecule has 31 heavy (non-hydrogen) atoms. The second-order valence-electron chi connectivity index (χ2n) is 7.18. The highest BCUT2D eigenvalue weighted by Crippen LogP contribution is 2.28. The van der Waals surface area contributed by atoms with Gasteiger partial charge in [0, 0.05) is 35.9 Å². The lowest BCUT2D eigenvalue weighted by atomic mass is 10.1. The van der Waals surface area contributed by atoms with Crippen LogP contribution >= 0.6 is 0 Å². The number of furan rings is 1. The zero-order valence-electron chi connectivity index (χ0n) is 16.2. The highest BCUT2D eigenvalue weighted by molar-refractivity contribution is 5.72. The summed E-state index contributed by atoms with van der Waals surface area (Å²) in [5.74, 6) is 1.24. The van der Waals surface area contributed by atoms with E-state index in [9.17, 15) is 4.79 Å². The third kappa shape index (κ3) is 2.90. The van der Waals surface area contributed by atoms with Crippen molar-refractivity contribution in [2.45, 2.75) is 6.42 Å². The van der Waals surface area contributed by atoms with Crippen LogP contribution in [0.15, 0.2) is 82.7 Å². The lowest BCUT2D eigenvalue weighted by Gasteiger charge is -2.13. The Bertz CT molecular complexity index is 1520. The molecule has 7 nitrogen and oxygen atoms in total. The maximum atomic E-state index is 13.2. The third-order valence-electron chi connectivity index (χ3n) is 5.21. The van der Waals surface area contributed by atoms with Crippen LogP contribution in [0.5, 0.6) is 0 Å². The summed E-state index contributed by atoms with van der Waals surface area (Å²) in [5, 5.41) is 0. The molecule has 148 valence electrons. The molecule has 0 saturated heterocycles. The van der Waals surface area contributed by atoms with Crippen LogP contribution in [0.4, 0.5) is 0 Å². The van der Waals surface area contributed by atoms with Crippen molar-refractivity contribution in [1.29, 1.82) is 0 Å². The zero-order chi connectivity index (χ0) is 20.8. The summed E-state index contributed by atoms with van der Waals surface area (Å²) in [5.41, 5.74) is 4.24. The molecule has 6 rings (SSSR count). The van der Waals surface area contributed by atoms with Gasteiger partial charge in [-0.25, -0.2) is 9.97 Å². The quantitative estimate of drug-likeness (QED) is 0.484. The minimum atomic E-state index is -0.175. The first-order valence-electron chi connectivity index (χ1n) is 9.75. The summed E-state index contributed by atoms with van der Waals surface area (Å²) in [6, 6.07) is 19.2. The van der Waals surface area contributed by atoms with Gasteiger partial charge in [0.2, 0.25) is 0 Å². The van der Waals surface area contributed by atoms with Gasteiger partial charge in [-0.2, -0.15) is 0 Å². The monoisotopic (exact) mass is 405 g/mol.